The molecule has 0 saturated carbocycles. The highest BCUT2D eigenvalue weighted by Gasteiger charge is 2.19. The predicted molar refractivity (Wildman–Crippen MR) is 64.3 cm³/mol. The molecule has 0 bridgehead atoms. The Morgan fingerprint density at radius 1 is 1.59 bits per heavy atom. The number of hydrogen-bond acceptors (Lipinski definition) is 4. The van der Waals surface area contributed by atoms with Crippen LogP contribution in [0.4, 0.5) is 5.69 Å². The lowest BCUT2D eigenvalue weighted by Crippen LogP contribution is -2.15. The molecule has 2 rings (SSSR count). The Hall–Kier alpha value is -1.62. The molecule has 0 aromatic heterocycles. The minimum Gasteiger partial charge on any atom is -0.486 e. The van der Waals surface area contributed by atoms with E-state index < -0.39 is 4.92 Å². The lowest BCUT2D eigenvalue weighted by atomic mass is 10.1. The topological polar surface area (TPSA) is 64.4 Å². The average molecular weight is 236 g/mol. The fourth-order valence-electron chi connectivity index (χ4n) is 1.95. The van der Waals surface area contributed by atoms with Gasteiger partial charge >= 0.3 is 5.69 Å². The molecule has 5 nitrogen and oxygen atoms in total. The van der Waals surface area contributed by atoms with Crippen LogP contribution in [0.5, 0.6) is 5.75 Å². The van der Waals surface area contributed by atoms with Crippen LogP contribution in [0.25, 0.3) is 0 Å². The average Bonchev–Trinajstić information content (AvgIpc) is 2.78. The SMILES string of the molecule is Cc1ccc([N+](=O)[O-])c(OCC2CCNC2)c1. The van der Waals surface area contributed by atoms with Crippen LogP contribution in [-0.2, 0) is 0 Å². The van der Waals surface area contributed by atoms with E-state index >= 15 is 0 Å². The molecule has 92 valence electrons. The highest BCUT2D eigenvalue weighted by molar-refractivity contribution is 5.48. The van der Waals surface area contributed by atoms with Gasteiger partial charge in [0, 0.05) is 18.5 Å². The Morgan fingerprint density at radius 3 is 3.06 bits per heavy atom. The second kappa shape index (κ2) is 5.14. The maximum absolute atomic E-state index is 10.8. The van der Waals surface area contributed by atoms with Crippen LogP contribution < -0.4 is 10.1 Å². The predicted octanol–water partition coefficient (Wildman–Crippen LogP) is 1.89. The first-order chi connectivity index (χ1) is 8.16. The standard InChI is InChI=1S/C12H16N2O3/c1-9-2-3-11(14(15)16)12(6-9)17-8-10-4-5-13-7-10/h2-3,6,10,13H,4-5,7-8H2,1H3. The van der Waals surface area contributed by atoms with Crippen LogP contribution in [0.2, 0.25) is 0 Å². The highest BCUT2D eigenvalue weighted by Crippen LogP contribution is 2.28. The fourth-order valence-corrected chi connectivity index (χ4v) is 1.95. The molecule has 1 unspecified atom stereocenters. The molecule has 0 spiro atoms. The fraction of sp³-hybridized carbons (Fsp3) is 0.500. The summed E-state index contributed by atoms with van der Waals surface area (Å²) in [5.74, 6) is 0.831. The number of nitro groups is 1. The molecule has 1 aliphatic rings. The Bertz CT molecular complexity index is 414. The van der Waals surface area contributed by atoms with E-state index in [1.54, 1.807) is 12.1 Å². The van der Waals surface area contributed by atoms with E-state index in [9.17, 15) is 10.1 Å². The number of hydrogen-bond donors (Lipinski definition) is 1. The largest absolute Gasteiger partial charge is 0.486 e. The molecule has 1 saturated heterocycles. The van der Waals surface area contributed by atoms with Gasteiger partial charge in [0.2, 0.25) is 0 Å². The molecule has 1 aromatic carbocycles. The molecule has 1 heterocycles. The molecule has 0 aliphatic carbocycles. The molecule has 0 radical (unpaired) electrons. The van der Waals surface area contributed by atoms with E-state index in [1.165, 1.54) is 6.07 Å². The van der Waals surface area contributed by atoms with E-state index in [-0.39, 0.29) is 5.69 Å². The molecule has 1 atom stereocenters. The van der Waals surface area contributed by atoms with Crippen molar-refractivity contribution in [3.8, 4) is 5.75 Å². The van der Waals surface area contributed by atoms with Crippen molar-refractivity contribution in [2.24, 2.45) is 5.92 Å². The summed E-state index contributed by atoms with van der Waals surface area (Å²) in [6.07, 6.45) is 1.07. The van der Waals surface area contributed by atoms with Crippen LogP contribution in [0, 0.1) is 23.0 Å². The van der Waals surface area contributed by atoms with Gasteiger partial charge in [0.05, 0.1) is 11.5 Å². The van der Waals surface area contributed by atoms with Crippen molar-refractivity contribution >= 4 is 5.69 Å². The van der Waals surface area contributed by atoms with Gasteiger partial charge in [-0.3, -0.25) is 10.1 Å². The zero-order valence-electron chi connectivity index (χ0n) is 9.81. The molecule has 1 aromatic rings. The third kappa shape index (κ3) is 2.94. The summed E-state index contributed by atoms with van der Waals surface area (Å²) in [6.45, 7) is 4.37. The van der Waals surface area contributed by atoms with Crippen LogP contribution >= 0.6 is 0 Å². The normalized spacial score (nSPS) is 19.2. The number of benzene rings is 1. The number of nitro benzene ring substituents is 1. The zero-order valence-corrected chi connectivity index (χ0v) is 9.81. The van der Waals surface area contributed by atoms with Crippen LogP contribution in [0.1, 0.15) is 12.0 Å². The molecular formula is C12H16N2O3. The molecular weight excluding hydrogens is 220 g/mol. The van der Waals surface area contributed by atoms with Crippen LogP contribution in [-0.4, -0.2) is 24.6 Å². The van der Waals surface area contributed by atoms with Crippen molar-refractivity contribution in [3.05, 3.63) is 33.9 Å². The van der Waals surface area contributed by atoms with E-state index in [4.69, 9.17) is 4.74 Å². The monoisotopic (exact) mass is 236 g/mol. The van der Waals surface area contributed by atoms with Gasteiger partial charge in [-0.25, -0.2) is 0 Å². The summed E-state index contributed by atoms with van der Waals surface area (Å²) in [7, 11) is 0. The molecule has 5 heteroatoms. The second-order valence-electron chi connectivity index (χ2n) is 4.40. The van der Waals surface area contributed by atoms with Crippen molar-refractivity contribution in [1.29, 1.82) is 0 Å². The lowest BCUT2D eigenvalue weighted by Gasteiger charge is -2.11. The van der Waals surface area contributed by atoms with Gasteiger partial charge < -0.3 is 10.1 Å². The van der Waals surface area contributed by atoms with Gasteiger partial charge in [0.25, 0.3) is 0 Å². The van der Waals surface area contributed by atoms with Crippen molar-refractivity contribution < 1.29 is 9.66 Å². The number of nitrogens with one attached hydrogen (secondary N) is 1. The summed E-state index contributed by atoms with van der Waals surface area (Å²) in [4.78, 5) is 10.4. The van der Waals surface area contributed by atoms with Crippen molar-refractivity contribution in [2.45, 2.75) is 13.3 Å². The van der Waals surface area contributed by atoms with Gasteiger partial charge in [0.15, 0.2) is 5.75 Å². The minimum absolute atomic E-state index is 0.0431. The van der Waals surface area contributed by atoms with E-state index in [0.29, 0.717) is 18.3 Å². The van der Waals surface area contributed by atoms with Crippen LogP contribution in [0.3, 0.4) is 0 Å². The number of nitrogens with zero attached hydrogens (tertiary/aromatic N) is 1. The van der Waals surface area contributed by atoms with Gasteiger partial charge in [-0.05, 0) is 31.5 Å². The minimum atomic E-state index is -0.401. The summed E-state index contributed by atoms with van der Waals surface area (Å²) < 4.78 is 5.58. The molecule has 17 heavy (non-hydrogen) atoms. The molecule has 1 aliphatic heterocycles. The Balaban J connectivity index is 2.07. The first-order valence-electron chi connectivity index (χ1n) is 5.75. The van der Waals surface area contributed by atoms with Crippen molar-refractivity contribution in [2.75, 3.05) is 19.7 Å². The first-order valence-corrected chi connectivity index (χ1v) is 5.75. The van der Waals surface area contributed by atoms with E-state index in [2.05, 4.69) is 5.32 Å². The van der Waals surface area contributed by atoms with Crippen LogP contribution in [0.15, 0.2) is 18.2 Å². The summed E-state index contributed by atoms with van der Waals surface area (Å²) in [5, 5.41) is 14.1. The number of ether oxygens (including phenoxy) is 1. The van der Waals surface area contributed by atoms with Gasteiger partial charge in [-0.15, -0.1) is 0 Å². The summed E-state index contributed by atoms with van der Waals surface area (Å²) >= 11 is 0. The summed E-state index contributed by atoms with van der Waals surface area (Å²) in [5.41, 5.74) is 1.01. The molecule has 1 N–H and O–H groups in total. The Kier molecular flexibility index (Phi) is 3.58. The summed E-state index contributed by atoms with van der Waals surface area (Å²) in [6, 6.07) is 4.94. The third-order valence-corrected chi connectivity index (χ3v) is 2.95. The number of aryl methyl sites for hydroxylation is 1. The second-order valence-corrected chi connectivity index (χ2v) is 4.40. The van der Waals surface area contributed by atoms with Crippen molar-refractivity contribution in [3.63, 3.8) is 0 Å². The molecule has 0 amide bonds. The maximum Gasteiger partial charge on any atom is 0.310 e. The highest BCUT2D eigenvalue weighted by atomic mass is 16.6. The first kappa shape index (κ1) is 11.9. The van der Waals surface area contributed by atoms with E-state index in [1.807, 2.05) is 6.92 Å². The smallest absolute Gasteiger partial charge is 0.310 e. The zero-order chi connectivity index (χ0) is 12.3. The maximum atomic E-state index is 10.8. The third-order valence-electron chi connectivity index (χ3n) is 2.95. The Labute approximate surface area is 99.9 Å². The van der Waals surface area contributed by atoms with E-state index in [0.717, 1.165) is 25.1 Å². The van der Waals surface area contributed by atoms with Crippen molar-refractivity contribution in [1.82, 2.24) is 5.32 Å². The van der Waals surface area contributed by atoms with Gasteiger partial charge in [0.1, 0.15) is 0 Å². The Morgan fingerprint density at radius 2 is 2.41 bits per heavy atom. The van der Waals surface area contributed by atoms with Gasteiger partial charge in [-0.2, -0.15) is 0 Å². The van der Waals surface area contributed by atoms with Gasteiger partial charge in [-0.1, -0.05) is 6.07 Å². The number of rotatable bonds is 4. The molecule has 1 fully saturated rings. The quantitative estimate of drug-likeness (QED) is 0.640. The lowest BCUT2D eigenvalue weighted by molar-refractivity contribution is -0.385.